The first kappa shape index (κ1) is 14.6. The van der Waals surface area contributed by atoms with E-state index in [1.165, 1.54) is 36.3 Å². The maximum absolute atomic E-state index is 4.73. The molecule has 1 aliphatic carbocycles. The highest BCUT2D eigenvalue weighted by atomic mass is 32.2. The van der Waals surface area contributed by atoms with Gasteiger partial charge in [-0.15, -0.1) is 11.8 Å². The van der Waals surface area contributed by atoms with Crippen molar-refractivity contribution in [1.82, 2.24) is 9.97 Å². The molecule has 0 atom stereocenters. The zero-order chi connectivity index (χ0) is 13.7. The van der Waals surface area contributed by atoms with Crippen LogP contribution in [0.25, 0.3) is 0 Å². The van der Waals surface area contributed by atoms with Crippen LogP contribution in [0.5, 0.6) is 0 Å². The zero-order valence-electron chi connectivity index (χ0n) is 12.3. The average molecular weight is 279 g/mol. The molecular formula is C15H25N3S. The molecule has 0 aliphatic heterocycles. The fraction of sp³-hybridized carbons (Fsp3) is 0.733. The molecule has 1 fully saturated rings. The average Bonchev–Trinajstić information content (AvgIpc) is 2.92. The molecule has 0 aromatic carbocycles. The third-order valence-corrected chi connectivity index (χ3v) is 5.01. The molecule has 1 aromatic rings. The normalized spacial score (nSPS) is 15.9. The highest BCUT2D eigenvalue weighted by molar-refractivity contribution is 7.99. The largest absolute Gasteiger partial charge is 0.370 e. The number of hydrogen-bond donors (Lipinski definition) is 1. The lowest BCUT2D eigenvalue weighted by molar-refractivity contribution is 0.849. The Morgan fingerprint density at radius 3 is 2.58 bits per heavy atom. The van der Waals surface area contributed by atoms with Gasteiger partial charge in [0.15, 0.2) is 0 Å². The Balaban J connectivity index is 2.19. The Bertz CT molecular complexity index is 414. The third-order valence-electron chi connectivity index (χ3n) is 3.59. The van der Waals surface area contributed by atoms with Crippen molar-refractivity contribution in [1.29, 1.82) is 0 Å². The van der Waals surface area contributed by atoms with E-state index in [1.54, 1.807) is 0 Å². The maximum atomic E-state index is 4.73. The van der Waals surface area contributed by atoms with Crippen LogP contribution in [0, 0.1) is 6.92 Å². The summed E-state index contributed by atoms with van der Waals surface area (Å²) in [7, 11) is 0. The van der Waals surface area contributed by atoms with Crippen LogP contribution in [0.2, 0.25) is 0 Å². The Morgan fingerprint density at radius 2 is 1.95 bits per heavy atom. The van der Waals surface area contributed by atoms with Crippen molar-refractivity contribution in [2.75, 3.05) is 11.9 Å². The smallest absolute Gasteiger partial charge is 0.133 e. The second-order valence-electron chi connectivity index (χ2n) is 5.22. The summed E-state index contributed by atoms with van der Waals surface area (Å²) in [6.45, 7) is 7.43. The monoisotopic (exact) mass is 279 g/mol. The van der Waals surface area contributed by atoms with Gasteiger partial charge in [-0.05, 0) is 26.2 Å². The summed E-state index contributed by atoms with van der Waals surface area (Å²) in [5.41, 5.74) is 1.22. The minimum atomic E-state index is 0.761. The molecule has 4 heteroatoms. The van der Waals surface area contributed by atoms with Crippen molar-refractivity contribution in [2.24, 2.45) is 0 Å². The first-order chi connectivity index (χ1) is 9.24. The molecule has 0 unspecified atom stereocenters. The molecule has 1 N–H and O–H groups in total. The van der Waals surface area contributed by atoms with E-state index in [2.05, 4.69) is 31.1 Å². The fourth-order valence-corrected chi connectivity index (χ4v) is 3.71. The summed E-state index contributed by atoms with van der Waals surface area (Å²) in [4.78, 5) is 9.36. The van der Waals surface area contributed by atoms with E-state index in [0.717, 1.165) is 36.3 Å². The lowest BCUT2D eigenvalue weighted by atomic mass is 10.3. The van der Waals surface area contributed by atoms with Crippen LogP contribution in [0.3, 0.4) is 0 Å². The quantitative estimate of drug-likeness (QED) is 0.792. The summed E-state index contributed by atoms with van der Waals surface area (Å²) in [5.74, 6) is 2.00. The number of rotatable bonds is 6. The topological polar surface area (TPSA) is 37.8 Å². The Hall–Kier alpha value is -0.770. The van der Waals surface area contributed by atoms with Crippen molar-refractivity contribution in [2.45, 2.75) is 69.6 Å². The van der Waals surface area contributed by atoms with Crippen LogP contribution in [-0.2, 0) is 6.42 Å². The van der Waals surface area contributed by atoms with Gasteiger partial charge in [-0.2, -0.15) is 0 Å². The van der Waals surface area contributed by atoms with Crippen LogP contribution < -0.4 is 5.32 Å². The van der Waals surface area contributed by atoms with Gasteiger partial charge < -0.3 is 5.32 Å². The van der Waals surface area contributed by atoms with Gasteiger partial charge in [0.2, 0.25) is 0 Å². The van der Waals surface area contributed by atoms with Gasteiger partial charge in [-0.3, -0.25) is 0 Å². The van der Waals surface area contributed by atoms with Gasteiger partial charge >= 0.3 is 0 Å². The highest BCUT2D eigenvalue weighted by Gasteiger charge is 2.19. The van der Waals surface area contributed by atoms with Gasteiger partial charge in [0.1, 0.15) is 16.7 Å². The molecule has 1 aromatic heterocycles. The molecule has 0 saturated heterocycles. The van der Waals surface area contributed by atoms with Gasteiger partial charge in [0.05, 0.1) is 0 Å². The molecular weight excluding hydrogens is 254 g/mol. The lowest BCUT2D eigenvalue weighted by Gasteiger charge is -2.15. The van der Waals surface area contributed by atoms with Gasteiger partial charge in [-0.1, -0.05) is 26.7 Å². The van der Waals surface area contributed by atoms with Crippen molar-refractivity contribution >= 4 is 17.6 Å². The molecule has 0 spiro atoms. The minimum Gasteiger partial charge on any atom is -0.370 e. The van der Waals surface area contributed by atoms with E-state index in [9.17, 15) is 0 Å². The summed E-state index contributed by atoms with van der Waals surface area (Å²) in [5, 5.41) is 5.39. The van der Waals surface area contributed by atoms with E-state index < -0.39 is 0 Å². The maximum Gasteiger partial charge on any atom is 0.133 e. The van der Waals surface area contributed by atoms with Gasteiger partial charge in [0, 0.05) is 23.8 Å². The predicted molar refractivity (Wildman–Crippen MR) is 83.0 cm³/mol. The molecule has 3 nitrogen and oxygen atoms in total. The number of aryl methyl sites for hydroxylation is 1. The SMILES string of the molecule is CCCNc1nc(CC)nc(SC2CCCC2)c1C. The highest BCUT2D eigenvalue weighted by Crippen LogP contribution is 2.36. The number of nitrogens with zero attached hydrogens (tertiary/aromatic N) is 2. The van der Waals surface area contributed by atoms with E-state index in [0.29, 0.717) is 0 Å². The van der Waals surface area contributed by atoms with Crippen molar-refractivity contribution in [3.8, 4) is 0 Å². The summed E-state index contributed by atoms with van der Waals surface area (Å²) in [6, 6.07) is 0. The molecule has 1 heterocycles. The van der Waals surface area contributed by atoms with Crippen LogP contribution >= 0.6 is 11.8 Å². The van der Waals surface area contributed by atoms with Crippen molar-refractivity contribution in [3.63, 3.8) is 0 Å². The van der Waals surface area contributed by atoms with E-state index in [4.69, 9.17) is 4.98 Å². The Labute approximate surface area is 121 Å². The number of hydrogen-bond acceptors (Lipinski definition) is 4. The Morgan fingerprint density at radius 1 is 1.21 bits per heavy atom. The standard InChI is InChI=1S/C15H25N3S/c1-4-10-16-14-11(3)15(18-13(5-2)17-14)19-12-8-6-7-9-12/h12H,4-10H2,1-3H3,(H,16,17,18). The van der Waals surface area contributed by atoms with E-state index in [1.807, 2.05) is 11.8 Å². The Kier molecular flexibility index (Phi) is 5.49. The molecule has 0 bridgehead atoms. The number of anilines is 1. The first-order valence-electron chi connectivity index (χ1n) is 7.52. The summed E-state index contributed by atoms with van der Waals surface area (Å²) < 4.78 is 0. The van der Waals surface area contributed by atoms with Crippen LogP contribution in [0.1, 0.15) is 57.3 Å². The molecule has 0 radical (unpaired) electrons. The number of nitrogens with one attached hydrogen (secondary N) is 1. The van der Waals surface area contributed by atoms with Gasteiger partial charge in [-0.25, -0.2) is 9.97 Å². The lowest BCUT2D eigenvalue weighted by Crippen LogP contribution is -2.09. The fourth-order valence-electron chi connectivity index (χ4n) is 2.39. The predicted octanol–water partition coefficient (Wildman–Crippen LogP) is 4.20. The molecule has 1 aliphatic rings. The van der Waals surface area contributed by atoms with Gasteiger partial charge in [0.25, 0.3) is 0 Å². The molecule has 2 rings (SSSR count). The summed E-state index contributed by atoms with van der Waals surface area (Å²) in [6.07, 6.45) is 7.46. The third kappa shape index (κ3) is 3.85. The molecule has 1 saturated carbocycles. The number of aromatic nitrogens is 2. The van der Waals surface area contributed by atoms with E-state index >= 15 is 0 Å². The number of thioether (sulfide) groups is 1. The summed E-state index contributed by atoms with van der Waals surface area (Å²) >= 11 is 1.96. The zero-order valence-corrected chi connectivity index (χ0v) is 13.1. The van der Waals surface area contributed by atoms with Crippen LogP contribution in [0.15, 0.2) is 5.03 Å². The minimum absolute atomic E-state index is 0.761. The van der Waals surface area contributed by atoms with Crippen LogP contribution in [0.4, 0.5) is 5.82 Å². The van der Waals surface area contributed by atoms with Crippen LogP contribution in [-0.4, -0.2) is 21.8 Å². The first-order valence-corrected chi connectivity index (χ1v) is 8.40. The molecule has 19 heavy (non-hydrogen) atoms. The van der Waals surface area contributed by atoms with Crippen molar-refractivity contribution < 1.29 is 0 Å². The second kappa shape index (κ2) is 7.13. The molecule has 106 valence electrons. The second-order valence-corrected chi connectivity index (χ2v) is 6.51. The molecule has 0 amide bonds. The van der Waals surface area contributed by atoms with E-state index in [-0.39, 0.29) is 0 Å². The van der Waals surface area contributed by atoms with Crippen molar-refractivity contribution in [3.05, 3.63) is 11.4 Å².